The molecule has 0 radical (unpaired) electrons. The van der Waals surface area contributed by atoms with Crippen molar-refractivity contribution in [2.45, 2.75) is 52.8 Å². The maximum absolute atomic E-state index is 13.0. The molecule has 2 aromatic rings. The van der Waals surface area contributed by atoms with Gasteiger partial charge in [-0.15, -0.1) is 0 Å². The standard InChI is InChI=1S/C18H23N3O3/c1-10(19)13-6-7-16-15(8-13)21(17(22)18(4,5)23-16)9-14-11(2)20-24-12(14)3/h6-8,10H,9,19H2,1-5H3. The number of nitrogens with zero attached hydrogens (tertiary/aromatic N) is 2. The largest absolute Gasteiger partial charge is 0.476 e. The van der Waals surface area contributed by atoms with Gasteiger partial charge in [-0.05, 0) is 52.3 Å². The third-order valence-corrected chi connectivity index (χ3v) is 4.42. The molecule has 0 saturated carbocycles. The molecule has 0 aliphatic carbocycles. The monoisotopic (exact) mass is 329 g/mol. The topological polar surface area (TPSA) is 81.6 Å². The van der Waals surface area contributed by atoms with E-state index in [1.54, 1.807) is 18.7 Å². The number of hydrogen-bond acceptors (Lipinski definition) is 5. The predicted octanol–water partition coefficient (Wildman–Crippen LogP) is 3.02. The van der Waals surface area contributed by atoms with Gasteiger partial charge in [0.05, 0.1) is 17.9 Å². The van der Waals surface area contributed by atoms with Crippen LogP contribution in [-0.4, -0.2) is 16.7 Å². The highest BCUT2D eigenvalue weighted by Crippen LogP contribution is 2.40. The minimum absolute atomic E-state index is 0.100. The number of benzene rings is 1. The molecule has 1 aliphatic rings. The van der Waals surface area contributed by atoms with E-state index in [4.69, 9.17) is 15.0 Å². The second kappa shape index (κ2) is 5.63. The summed E-state index contributed by atoms with van der Waals surface area (Å²) in [5.74, 6) is 1.29. The third-order valence-electron chi connectivity index (χ3n) is 4.42. The Bertz CT molecular complexity index is 773. The van der Waals surface area contributed by atoms with Crippen molar-refractivity contribution in [3.8, 4) is 5.75 Å². The van der Waals surface area contributed by atoms with E-state index < -0.39 is 5.60 Å². The lowest BCUT2D eigenvalue weighted by Crippen LogP contribution is -2.52. The number of amides is 1. The van der Waals surface area contributed by atoms with Crippen molar-refractivity contribution in [3.63, 3.8) is 0 Å². The van der Waals surface area contributed by atoms with E-state index in [1.165, 1.54) is 0 Å². The molecular formula is C18H23N3O3. The highest BCUT2D eigenvalue weighted by Gasteiger charge is 2.41. The van der Waals surface area contributed by atoms with Crippen LogP contribution in [0.3, 0.4) is 0 Å². The zero-order valence-electron chi connectivity index (χ0n) is 14.7. The Labute approximate surface area is 141 Å². The molecule has 6 heteroatoms. The van der Waals surface area contributed by atoms with E-state index >= 15 is 0 Å². The summed E-state index contributed by atoms with van der Waals surface area (Å²) in [5, 5.41) is 3.98. The molecule has 6 nitrogen and oxygen atoms in total. The highest BCUT2D eigenvalue weighted by atomic mass is 16.5. The maximum Gasteiger partial charge on any atom is 0.271 e. The summed E-state index contributed by atoms with van der Waals surface area (Å²) in [6.07, 6.45) is 0. The molecule has 128 valence electrons. The van der Waals surface area contributed by atoms with Crippen LogP contribution in [0.25, 0.3) is 0 Å². The van der Waals surface area contributed by atoms with Crippen LogP contribution in [0, 0.1) is 13.8 Å². The van der Waals surface area contributed by atoms with Crippen molar-refractivity contribution in [2.24, 2.45) is 5.73 Å². The van der Waals surface area contributed by atoms with E-state index in [9.17, 15) is 4.79 Å². The number of carbonyl (C=O) groups is 1. The molecule has 1 aromatic heterocycles. The number of nitrogens with two attached hydrogens (primary N) is 1. The number of anilines is 1. The van der Waals surface area contributed by atoms with E-state index in [1.807, 2.05) is 39.0 Å². The van der Waals surface area contributed by atoms with Crippen molar-refractivity contribution in [1.82, 2.24) is 5.16 Å². The van der Waals surface area contributed by atoms with Crippen LogP contribution >= 0.6 is 0 Å². The average Bonchev–Trinajstić information content (AvgIpc) is 2.82. The number of aryl methyl sites for hydroxylation is 2. The van der Waals surface area contributed by atoms with E-state index in [0.29, 0.717) is 12.3 Å². The van der Waals surface area contributed by atoms with Gasteiger partial charge >= 0.3 is 0 Å². The number of aromatic nitrogens is 1. The minimum atomic E-state index is -0.929. The molecule has 0 fully saturated rings. The average molecular weight is 329 g/mol. The van der Waals surface area contributed by atoms with Gasteiger partial charge < -0.3 is 19.9 Å². The Kier molecular flexibility index (Phi) is 3.87. The molecule has 24 heavy (non-hydrogen) atoms. The lowest BCUT2D eigenvalue weighted by Gasteiger charge is -2.39. The molecule has 2 heterocycles. The minimum Gasteiger partial charge on any atom is -0.476 e. The van der Waals surface area contributed by atoms with Gasteiger partial charge in [0.1, 0.15) is 11.5 Å². The van der Waals surface area contributed by atoms with Gasteiger partial charge in [-0.25, -0.2) is 0 Å². The Morgan fingerprint density at radius 3 is 2.62 bits per heavy atom. The molecule has 3 rings (SSSR count). The summed E-state index contributed by atoms with van der Waals surface area (Å²) in [5.41, 5.74) is 8.45. The number of ether oxygens (including phenoxy) is 1. The fourth-order valence-corrected chi connectivity index (χ4v) is 2.91. The lowest BCUT2D eigenvalue weighted by molar-refractivity contribution is -0.132. The molecule has 0 bridgehead atoms. The first-order chi connectivity index (χ1) is 11.2. The van der Waals surface area contributed by atoms with Crippen LogP contribution in [0.1, 0.15) is 49.4 Å². The fourth-order valence-electron chi connectivity index (χ4n) is 2.91. The van der Waals surface area contributed by atoms with Gasteiger partial charge in [0.2, 0.25) is 0 Å². The first-order valence-electron chi connectivity index (χ1n) is 8.03. The van der Waals surface area contributed by atoms with Gasteiger partial charge in [-0.3, -0.25) is 4.79 Å². The summed E-state index contributed by atoms with van der Waals surface area (Å²) in [4.78, 5) is 14.7. The third kappa shape index (κ3) is 2.67. The zero-order chi connectivity index (χ0) is 17.6. The van der Waals surface area contributed by atoms with Crippen molar-refractivity contribution in [3.05, 3.63) is 40.8 Å². The number of fused-ring (bicyclic) bond motifs is 1. The second-order valence-electron chi connectivity index (χ2n) is 6.82. The smallest absolute Gasteiger partial charge is 0.271 e. The summed E-state index contributed by atoms with van der Waals surface area (Å²) >= 11 is 0. The van der Waals surface area contributed by atoms with Crippen LogP contribution in [-0.2, 0) is 11.3 Å². The molecule has 1 unspecified atom stereocenters. The second-order valence-corrected chi connectivity index (χ2v) is 6.82. The van der Waals surface area contributed by atoms with Gasteiger partial charge in [-0.2, -0.15) is 0 Å². The van der Waals surface area contributed by atoms with Crippen LogP contribution in [0.4, 0.5) is 5.69 Å². The number of rotatable bonds is 3. The summed E-state index contributed by atoms with van der Waals surface area (Å²) < 4.78 is 11.1. The lowest BCUT2D eigenvalue weighted by atomic mass is 10.00. The summed E-state index contributed by atoms with van der Waals surface area (Å²) in [6.45, 7) is 9.58. The summed E-state index contributed by atoms with van der Waals surface area (Å²) in [7, 11) is 0. The molecule has 1 amide bonds. The fraction of sp³-hybridized carbons (Fsp3) is 0.444. The first-order valence-corrected chi connectivity index (χ1v) is 8.03. The van der Waals surface area contributed by atoms with Crippen LogP contribution in [0.15, 0.2) is 22.7 Å². The van der Waals surface area contributed by atoms with E-state index in [2.05, 4.69) is 5.16 Å². The van der Waals surface area contributed by atoms with Crippen molar-refractivity contribution in [2.75, 3.05) is 4.90 Å². The van der Waals surface area contributed by atoms with Gasteiger partial charge in [-0.1, -0.05) is 11.2 Å². The van der Waals surface area contributed by atoms with Crippen LogP contribution in [0.5, 0.6) is 5.75 Å². The van der Waals surface area contributed by atoms with Crippen LogP contribution in [0.2, 0.25) is 0 Å². The van der Waals surface area contributed by atoms with Crippen molar-refractivity contribution < 1.29 is 14.1 Å². The highest BCUT2D eigenvalue weighted by molar-refractivity contribution is 6.02. The quantitative estimate of drug-likeness (QED) is 0.936. The molecular weight excluding hydrogens is 306 g/mol. The maximum atomic E-state index is 13.0. The van der Waals surface area contributed by atoms with E-state index in [0.717, 1.165) is 28.3 Å². The normalized spacial score (nSPS) is 17.4. The Morgan fingerprint density at radius 1 is 1.33 bits per heavy atom. The molecule has 2 N–H and O–H groups in total. The van der Waals surface area contributed by atoms with Crippen molar-refractivity contribution in [1.29, 1.82) is 0 Å². The van der Waals surface area contributed by atoms with E-state index in [-0.39, 0.29) is 11.9 Å². The number of hydrogen-bond donors (Lipinski definition) is 1. The zero-order valence-corrected chi connectivity index (χ0v) is 14.7. The van der Waals surface area contributed by atoms with Crippen LogP contribution < -0.4 is 15.4 Å². The molecule has 0 spiro atoms. The summed E-state index contributed by atoms with van der Waals surface area (Å²) in [6, 6.07) is 5.61. The molecule has 1 aliphatic heterocycles. The van der Waals surface area contributed by atoms with Gasteiger partial charge in [0, 0.05) is 11.6 Å². The molecule has 1 aromatic carbocycles. The Hall–Kier alpha value is -2.34. The SMILES string of the molecule is Cc1noc(C)c1CN1C(=O)C(C)(C)Oc2ccc(C(C)N)cc21. The van der Waals surface area contributed by atoms with Crippen molar-refractivity contribution >= 4 is 11.6 Å². The van der Waals surface area contributed by atoms with Gasteiger partial charge in [0.25, 0.3) is 5.91 Å². The van der Waals surface area contributed by atoms with Gasteiger partial charge in [0.15, 0.2) is 5.60 Å². The Morgan fingerprint density at radius 2 is 2.04 bits per heavy atom. The Balaban J connectivity index is 2.10. The predicted molar refractivity (Wildman–Crippen MR) is 90.9 cm³/mol. The number of carbonyl (C=O) groups excluding carboxylic acids is 1. The first kappa shape index (κ1) is 16.5. The molecule has 1 atom stereocenters. The molecule has 0 saturated heterocycles.